The highest BCUT2D eigenvalue weighted by atomic mass is 32.2. The fourth-order valence-corrected chi connectivity index (χ4v) is 4.90. The fraction of sp³-hybridized carbons (Fsp3) is 0.533. The van der Waals surface area contributed by atoms with E-state index in [0.717, 1.165) is 25.1 Å². The number of para-hydroxylation sites is 1. The van der Waals surface area contributed by atoms with Crippen LogP contribution in [0.25, 0.3) is 0 Å². The summed E-state index contributed by atoms with van der Waals surface area (Å²) in [5.74, 6) is -1.83. The number of carbonyl (C=O) groups is 1. The topological polar surface area (TPSA) is 208 Å². The maximum absolute atomic E-state index is 13.3. The third-order valence-corrected chi connectivity index (χ3v) is 6.26. The molecule has 0 aromatic heterocycles. The van der Waals surface area contributed by atoms with Crippen molar-refractivity contribution in [3.05, 3.63) is 34.4 Å². The van der Waals surface area contributed by atoms with Gasteiger partial charge in [0.1, 0.15) is 18.3 Å². The largest absolute Gasteiger partial charge is 0.480 e. The van der Waals surface area contributed by atoms with Crippen molar-refractivity contribution in [3.8, 4) is 0 Å². The normalized spacial score (nSPS) is 27.0. The number of nitro groups is 1. The molecule has 5 N–H and O–H groups in total. The van der Waals surface area contributed by atoms with E-state index in [-0.39, 0.29) is 4.31 Å². The Bertz CT molecular complexity index is 875. The summed E-state index contributed by atoms with van der Waals surface area (Å²) in [6.07, 6.45) is -9.14. The molecule has 2 rings (SSSR count). The van der Waals surface area contributed by atoms with E-state index < -0.39 is 74.8 Å². The molecule has 1 aromatic carbocycles. The van der Waals surface area contributed by atoms with Crippen molar-refractivity contribution in [2.24, 2.45) is 0 Å². The molecule has 1 fully saturated rings. The van der Waals surface area contributed by atoms with Crippen LogP contribution < -0.4 is 0 Å². The monoisotopic (exact) mass is 436 g/mol. The second-order valence-electron chi connectivity index (χ2n) is 6.31. The third kappa shape index (κ3) is 4.23. The second kappa shape index (κ2) is 8.66. The predicted octanol–water partition coefficient (Wildman–Crippen LogP) is -2.14. The first-order valence-corrected chi connectivity index (χ1v) is 9.69. The van der Waals surface area contributed by atoms with E-state index >= 15 is 0 Å². The number of nitrogens with zero attached hydrogens (tertiary/aromatic N) is 2. The van der Waals surface area contributed by atoms with Gasteiger partial charge in [-0.05, 0) is 13.0 Å². The zero-order chi connectivity index (χ0) is 22.1. The van der Waals surface area contributed by atoms with Crippen molar-refractivity contribution in [1.29, 1.82) is 0 Å². The summed E-state index contributed by atoms with van der Waals surface area (Å²) in [5.41, 5.74) is -0.876. The lowest BCUT2D eigenvalue weighted by Gasteiger charge is -2.34. The van der Waals surface area contributed by atoms with Gasteiger partial charge in [0.15, 0.2) is 17.2 Å². The van der Waals surface area contributed by atoms with Gasteiger partial charge in [0.2, 0.25) is 0 Å². The summed E-state index contributed by atoms with van der Waals surface area (Å²) in [6.45, 7) is 0.127. The first kappa shape index (κ1) is 23.1. The van der Waals surface area contributed by atoms with Crippen LogP contribution in [-0.4, -0.2) is 92.4 Å². The number of benzene rings is 1. The van der Waals surface area contributed by atoms with Crippen LogP contribution in [0.5, 0.6) is 0 Å². The van der Waals surface area contributed by atoms with Crippen LogP contribution in [0.4, 0.5) is 5.69 Å². The van der Waals surface area contributed by atoms with Gasteiger partial charge in [0, 0.05) is 6.07 Å². The Labute approximate surface area is 164 Å². The first-order valence-electron chi connectivity index (χ1n) is 8.25. The highest BCUT2D eigenvalue weighted by Crippen LogP contribution is 2.34. The first-order chi connectivity index (χ1) is 13.4. The van der Waals surface area contributed by atoms with Crippen molar-refractivity contribution in [2.45, 2.75) is 48.5 Å². The minimum absolute atomic E-state index is 0.0614. The second-order valence-corrected chi connectivity index (χ2v) is 8.12. The maximum atomic E-state index is 13.3. The van der Waals surface area contributed by atoms with Gasteiger partial charge in [-0.2, -0.15) is 4.31 Å². The number of aliphatic carboxylic acids is 1. The Kier molecular flexibility index (Phi) is 6.89. The van der Waals surface area contributed by atoms with Crippen LogP contribution in [0.3, 0.4) is 0 Å². The molecule has 0 bridgehead atoms. The Hall–Kier alpha value is -2.20. The molecular weight excluding hydrogens is 416 g/mol. The van der Waals surface area contributed by atoms with Gasteiger partial charge in [-0.25, -0.2) is 8.42 Å². The number of aliphatic hydroxyl groups excluding tert-OH is 4. The Morgan fingerprint density at radius 1 is 1.31 bits per heavy atom. The standard InChI is InChI=1S/C15H20N2O11S/c1-7(19)11(15(22)23)16(14-13(21)12(20)9(6-18)28-14)29(26,27)10-5-3-2-4-8(10)17(24)25/h2-5,7,9,11-14,18-21H,6H2,1H3,(H,22,23)/t7-,9+,11+,12+,13-,14-/m1/s1. The molecule has 0 aliphatic carbocycles. The number of hydrogen-bond acceptors (Lipinski definition) is 10. The fourth-order valence-electron chi connectivity index (χ4n) is 3.00. The van der Waals surface area contributed by atoms with Crippen LogP contribution in [0, 0.1) is 10.1 Å². The number of sulfonamides is 1. The van der Waals surface area contributed by atoms with Gasteiger partial charge in [-0.1, -0.05) is 12.1 Å². The quantitative estimate of drug-likeness (QED) is 0.219. The molecule has 0 radical (unpaired) electrons. The Morgan fingerprint density at radius 3 is 2.34 bits per heavy atom. The minimum Gasteiger partial charge on any atom is -0.480 e. The predicted molar refractivity (Wildman–Crippen MR) is 93.0 cm³/mol. The molecule has 1 aliphatic heterocycles. The molecule has 0 saturated carbocycles. The van der Waals surface area contributed by atoms with Crippen molar-refractivity contribution in [3.63, 3.8) is 0 Å². The summed E-state index contributed by atoms with van der Waals surface area (Å²) in [4.78, 5) is 21.1. The summed E-state index contributed by atoms with van der Waals surface area (Å²) in [5, 5.41) is 60.1. The average molecular weight is 436 g/mol. The lowest BCUT2D eigenvalue weighted by molar-refractivity contribution is -0.387. The number of aliphatic hydroxyl groups is 4. The average Bonchev–Trinajstić information content (AvgIpc) is 2.93. The number of rotatable bonds is 8. The van der Waals surface area contributed by atoms with Gasteiger partial charge >= 0.3 is 5.97 Å². The molecule has 0 amide bonds. The van der Waals surface area contributed by atoms with Crippen molar-refractivity contribution in [1.82, 2.24) is 4.31 Å². The van der Waals surface area contributed by atoms with Crippen LogP contribution in [0.1, 0.15) is 6.92 Å². The number of nitro benzene ring substituents is 1. The lowest BCUT2D eigenvalue weighted by Crippen LogP contribution is -2.58. The molecule has 6 atom stereocenters. The van der Waals surface area contributed by atoms with Gasteiger partial charge in [-0.3, -0.25) is 14.9 Å². The molecule has 0 spiro atoms. The van der Waals surface area contributed by atoms with Crippen LogP contribution >= 0.6 is 0 Å². The molecule has 0 unspecified atom stereocenters. The van der Waals surface area contributed by atoms with E-state index in [2.05, 4.69) is 0 Å². The minimum atomic E-state index is -5.06. The summed E-state index contributed by atoms with van der Waals surface area (Å²) >= 11 is 0. The van der Waals surface area contributed by atoms with Crippen molar-refractivity contribution >= 4 is 21.7 Å². The molecule has 13 nitrogen and oxygen atoms in total. The van der Waals surface area contributed by atoms with E-state index in [9.17, 15) is 48.9 Å². The molecular formula is C15H20N2O11S. The van der Waals surface area contributed by atoms with Crippen LogP contribution in [0.2, 0.25) is 0 Å². The zero-order valence-corrected chi connectivity index (χ0v) is 15.8. The van der Waals surface area contributed by atoms with E-state index in [1.54, 1.807) is 0 Å². The molecule has 1 saturated heterocycles. The highest BCUT2D eigenvalue weighted by molar-refractivity contribution is 7.89. The maximum Gasteiger partial charge on any atom is 0.324 e. The Balaban J connectivity index is 2.71. The summed E-state index contributed by atoms with van der Waals surface area (Å²) in [6, 6.07) is 1.85. The van der Waals surface area contributed by atoms with Crippen LogP contribution in [-0.2, 0) is 19.6 Å². The molecule has 1 aliphatic rings. The summed E-state index contributed by atoms with van der Waals surface area (Å²) in [7, 11) is -5.06. The SMILES string of the molecule is C[C@@H](O)[C@@H](C(=O)O)N([C@@H]1O[C@@H](CO)[C@H](O)[C@H]1O)S(=O)(=O)c1ccccc1[N+](=O)[O-]. The molecule has 14 heteroatoms. The number of carboxylic acids is 1. The molecule has 29 heavy (non-hydrogen) atoms. The van der Waals surface area contributed by atoms with Gasteiger partial charge in [0.05, 0.1) is 17.6 Å². The van der Waals surface area contributed by atoms with E-state index in [1.165, 1.54) is 6.07 Å². The van der Waals surface area contributed by atoms with E-state index in [0.29, 0.717) is 0 Å². The van der Waals surface area contributed by atoms with Gasteiger partial charge in [-0.15, -0.1) is 0 Å². The molecule has 1 aromatic rings. The van der Waals surface area contributed by atoms with E-state index in [1.807, 2.05) is 0 Å². The number of carboxylic acid groups (broad SMARTS) is 1. The molecule has 1 heterocycles. The van der Waals surface area contributed by atoms with Crippen molar-refractivity contribution < 1.29 is 48.4 Å². The third-order valence-electron chi connectivity index (χ3n) is 4.37. The Morgan fingerprint density at radius 2 is 1.90 bits per heavy atom. The molecule has 162 valence electrons. The number of hydrogen-bond donors (Lipinski definition) is 5. The number of ether oxygens (including phenoxy) is 1. The van der Waals surface area contributed by atoms with Gasteiger partial charge < -0.3 is 30.3 Å². The highest BCUT2D eigenvalue weighted by Gasteiger charge is 2.54. The lowest BCUT2D eigenvalue weighted by atomic mass is 10.1. The van der Waals surface area contributed by atoms with Crippen LogP contribution in [0.15, 0.2) is 29.2 Å². The summed E-state index contributed by atoms with van der Waals surface area (Å²) < 4.78 is 31.7. The van der Waals surface area contributed by atoms with Crippen molar-refractivity contribution in [2.75, 3.05) is 6.61 Å². The smallest absolute Gasteiger partial charge is 0.324 e. The van der Waals surface area contributed by atoms with E-state index in [4.69, 9.17) is 4.74 Å². The van der Waals surface area contributed by atoms with Gasteiger partial charge in [0.25, 0.3) is 15.7 Å². The zero-order valence-electron chi connectivity index (χ0n) is 15.0.